The number of carbonyl (C=O) groups excluding carboxylic acids is 2. The standard InChI is InChI=1S/C34H47N5O4/c1-23(2)20-30-22-38(28-14-18-42-19-15-28)34(41)39(30)29-12-16-37(17-13-29)21-26-6-11-32(35-24(26)3)43-31-9-4-25(5-10-31)33(40)36-27-7-8-27/h4-6,9-11,23,27-30H,7-8,12-22H2,1-3H3,(H,36,40). The van der Waals surface area contributed by atoms with Crippen LogP contribution in [-0.2, 0) is 11.3 Å². The zero-order valence-corrected chi connectivity index (χ0v) is 26.0. The summed E-state index contributed by atoms with van der Waals surface area (Å²) in [6.07, 6.45) is 7.12. The predicted octanol–water partition coefficient (Wildman–Crippen LogP) is 5.37. The van der Waals surface area contributed by atoms with Crippen LogP contribution in [0.1, 0.15) is 80.4 Å². The summed E-state index contributed by atoms with van der Waals surface area (Å²) < 4.78 is 11.6. The van der Waals surface area contributed by atoms with Crippen molar-refractivity contribution >= 4 is 11.9 Å². The van der Waals surface area contributed by atoms with Gasteiger partial charge < -0.3 is 24.6 Å². The Morgan fingerprint density at radius 3 is 2.37 bits per heavy atom. The third-order valence-electron chi connectivity index (χ3n) is 9.41. The number of benzene rings is 1. The number of carbonyl (C=O) groups is 2. The average Bonchev–Trinajstić information content (AvgIpc) is 3.76. The van der Waals surface area contributed by atoms with Gasteiger partial charge in [-0.1, -0.05) is 19.9 Å². The first-order valence-corrected chi connectivity index (χ1v) is 16.3. The third-order valence-corrected chi connectivity index (χ3v) is 9.41. The fourth-order valence-electron chi connectivity index (χ4n) is 6.87. The third kappa shape index (κ3) is 7.32. The second kappa shape index (κ2) is 13.2. The molecule has 1 aromatic carbocycles. The molecule has 4 fully saturated rings. The lowest BCUT2D eigenvalue weighted by Gasteiger charge is -2.39. The van der Waals surface area contributed by atoms with Crippen molar-refractivity contribution in [3.05, 3.63) is 53.2 Å². The number of aryl methyl sites for hydroxylation is 1. The summed E-state index contributed by atoms with van der Waals surface area (Å²) in [4.78, 5) is 37.6. The Labute approximate surface area is 255 Å². The van der Waals surface area contributed by atoms with E-state index in [1.54, 1.807) is 12.1 Å². The van der Waals surface area contributed by atoms with Crippen LogP contribution >= 0.6 is 0 Å². The van der Waals surface area contributed by atoms with Gasteiger partial charge in [-0.3, -0.25) is 9.69 Å². The lowest BCUT2D eigenvalue weighted by molar-refractivity contribution is 0.0493. The number of urea groups is 1. The van der Waals surface area contributed by atoms with Crippen LogP contribution in [0.5, 0.6) is 11.6 Å². The number of hydrogen-bond donors (Lipinski definition) is 1. The van der Waals surface area contributed by atoms with E-state index in [0.29, 0.717) is 47.3 Å². The molecule has 9 nitrogen and oxygen atoms in total. The lowest BCUT2D eigenvalue weighted by atomic mass is 9.97. The summed E-state index contributed by atoms with van der Waals surface area (Å²) in [6, 6.07) is 12.8. The summed E-state index contributed by atoms with van der Waals surface area (Å²) in [5.41, 5.74) is 2.79. The molecule has 0 bridgehead atoms. The van der Waals surface area contributed by atoms with E-state index in [4.69, 9.17) is 14.5 Å². The van der Waals surface area contributed by atoms with Gasteiger partial charge in [0.1, 0.15) is 5.75 Å². The first kappa shape index (κ1) is 29.9. The van der Waals surface area contributed by atoms with Crippen LogP contribution in [0.25, 0.3) is 0 Å². The van der Waals surface area contributed by atoms with Gasteiger partial charge in [0.05, 0.1) is 6.04 Å². The quantitative estimate of drug-likeness (QED) is 0.401. The highest BCUT2D eigenvalue weighted by Gasteiger charge is 2.44. The number of nitrogens with zero attached hydrogens (tertiary/aromatic N) is 4. The van der Waals surface area contributed by atoms with Gasteiger partial charge in [-0.2, -0.15) is 0 Å². The van der Waals surface area contributed by atoms with Gasteiger partial charge in [0.25, 0.3) is 5.91 Å². The smallest absolute Gasteiger partial charge is 0.320 e. The first-order chi connectivity index (χ1) is 20.8. The molecule has 1 aromatic heterocycles. The van der Waals surface area contributed by atoms with E-state index in [2.05, 4.69) is 39.9 Å². The Kier molecular flexibility index (Phi) is 9.19. The molecule has 4 heterocycles. The molecule has 3 aliphatic heterocycles. The van der Waals surface area contributed by atoms with Crippen molar-refractivity contribution in [2.75, 3.05) is 32.8 Å². The number of pyridine rings is 1. The second-order valence-electron chi connectivity index (χ2n) is 13.2. The van der Waals surface area contributed by atoms with Crippen LogP contribution in [0.15, 0.2) is 36.4 Å². The van der Waals surface area contributed by atoms with Gasteiger partial charge in [0.2, 0.25) is 5.88 Å². The molecule has 1 saturated carbocycles. The van der Waals surface area contributed by atoms with E-state index in [0.717, 1.165) is 90.0 Å². The van der Waals surface area contributed by atoms with Crippen molar-refractivity contribution in [3.8, 4) is 11.6 Å². The molecule has 4 aliphatic rings. The second-order valence-corrected chi connectivity index (χ2v) is 13.2. The molecule has 43 heavy (non-hydrogen) atoms. The van der Waals surface area contributed by atoms with E-state index in [1.807, 2.05) is 25.1 Å². The van der Waals surface area contributed by atoms with Crippen molar-refractivity contribution < 1.29 is 19.1 Å². The maximum Gasteiger partial charge on any atom is 0.320 e. The number of aromatic nitrogens is 1. The molecule has 232 valence electrons. The number of rotatable bonds is 10. The molecule has 1 N–H and O–H groups in total. The van der Waals surface area contributed by atoms with Crippen LogP contribution in [-0.4, -0.2) is 88.6 Å². The molecule has 9 heteroatoms. The maximum atomic E-state index is 13.7. The summed E-state index contributed by atoms with van der Waals surface area (Å²) in [5, 5.41) is 3.01. The minimum atomic E-state index is -0.0317. The van der Waals surface area contributed by atoms with Crippen molar-refractivity contribution in [3.63, 3.8) is 0 Å². The van der Waals surface area contributed by atoms with Gasteiger partial charge >= 0.3 is 6.03 Å². The largest absolute Gasteiger partial charge is 0.439 e. The monoisotopic (exact) mass is 589 g/mol. The molecule has 1 aliphatic carbocycles. The van der Waals surface area contributed by atoms with Gasteiger partial charge in [0, 0.05) is 74.8 Å². The van der Waals surface area contributed by atoms with Crippen LogP contribution in [0.4, 0.5) is 4.79 Å². The first-order valence-electron chi connectivity index (χ1n) is 16.3. The van der Waals surface area contributed by atoms with Crippen molar-refractivity contribution in [1.82, 2.24) is 25.0 Å². The summed E-state index contributed by atoms with van der Waals surface area (Å²) in [7, 11) is 0. The topological polar surface area (TPSA) is 87.2 Å². The van der Waals surface area contributed by atoms with Crippen LogP contribution in [0.3, 0.4) is 0 Å². The average molecular weight is 590 g/mol. The Bertz CT molecular complexity index is 1270. The molecule has 6 rings (SSSR count). The van der Waals surface area contributed by atoms with Gasteiger partial charge in [-0.15, -0.1) is 0 Å². The Morgan fingerprint density at radius 2 is 1.72 bits per heavy atom. The number of nitrogens with one attached hydrogen (secondary N) is 1. The molecule has 1 atom stereocenters. The number of amides is 3. The number of piperidine rings is 1. The molecule has 1 unspecified atom stereocenters. The minimum absolute atomic E-state index is 0.0317. The van der Waals surface area contributed by atoms with E-state index >= 15 is 0 Å². The Morgan fingerprint density at radius 1 is 1.00 bits per heavy atom. The van der Waals surface area contributed by atoms with Gasteiger partial charge in [-0.05, 0) is 87.6 Å². The normalized spacial score (nSPS) is 22.4. The summed E-state index contributed by atoms with van der Waals surface area (Å²) in [6.45, 7) is 11.7. The Balaban J connectivity index is 1.02. The van der Waals surface area contributed by atoms with Crippen molar-refractivity contribution in [2.24, 2.45) is 5.92 Å². The molecule has 3 amide bonds. The molecular formula is C34H47N5O4. The fraction of sp³-hybridized carbons (Fsp3) is 0.618. The molecule has 0 radical (unpaired) electrons. The molecular weight excluding hydrogens is 542 g/mol. The highest BCUT2D eigenvalue weighted by Crippen LogP contribution is 2.32. The number of hydrogen-bond acceptors (Lipinski definition) is 6. The van der Waals surface area contributed by atoms with E-state index in [1.165, 1.54) is 5.56 Å². The molecule has 0 spiro atoms. The van der Waals surface area contributed by atoms with Crippen LogP contribution in [0, 0.1) is 12.8 Å². The maximum absolute atomic E-state index is 13.7. The number of ether oxygens (including phenoxy) is 2. The predicted molar refractivity (Wildman–Crippen MR) is 165 cm³/mol. The lowest BCUT2D eigenvalue weighted by Crippen LogP contribution is -2.50. The molecule has 3 saturated heterocycles. The molecule has 2 aromatic rings. The summed E-state index contributed by atoms with van der Waals surface area (Å²) >= 11 is 0. The van der Waals surface area contributed by atoms with Crippen LogP contribution in [0.2, 0.25) is 0 Å². The zero-order valence-electron chi connectivity index (χ0n) is 26.0. The fourth-order valence-corrected chi connectivity index (χ4v) is 6.87. The van der Waals surface area contributed by atoms with Crippen molar-refractivity contribution in [1.29, 1.82) is 0 Å². The van der Waals surface area contributed by atoms with E-state index in [-0.39, 0.29) is 11.9 Å². The van der Waals surface area contributed by atoms with E-state index < -0.39 is 0 Å². The highest BCUT2D eigenvalue weighted by atomic mass is 16.5. The van der Waals surface area contributed by atoms with Crippen molar-refractivity contribution in [2.45, 2.75) is 96.4 Å². The van der Waals surface area contributed by atoms with Gasteiger partial charge in [0.15, 0.2) is 0 Å². The van der Waals surface area contributed by atoms with Gasteiger partial charge in [-0.25, -0.2) is 9.78 Å². The Hall–Kier alpha value is -3.17. The van der Waals surface area contributed by atoms with Crippen LogP contribution < -0.4 is 10.1 Å². The summed E-state index contributed by atoms with van der Waals surface area (Å²) in [5.74, 6) is 1.74. The number of likely N-dealkylation sites (tertiary alicyclic amines) is 1. The zero-order chi connectivity index (χ0) is 29.9. The SMILES string of the molecule is Cc1nc(Oc2ccc(C(=O)NC3CC3)cc2)ccc1CN1CCC(N2C(=O)N(C3CCOCC3)CC2CC(C)C)CC1. The minimum Gasteiger partial charge on any atom is -0.439 e. The highest BCUT2D eigenvalue weighted by molar-refractivity contribution is 5.94. The van der Waals surface area contributed by atoms with E-state index in [9.17, 15) is 9.59 Å².